The first kappa shape index (κ1) is 13.1. The summed E-state index contributed by atoms with van der Waals surface area (Å²) in [6.45, 7) is 5.96. The van der Waals surface area contributed by atoms with Crippen LogP contribution in [0.4, 0.5) is 5.82 Å². The van der Waals surface area contributed by atoms with Crippen molar-refractivity contribution in [3.05, 3.63) is 42.1 Å². The quantitative estimate of drug-likeness (QED) is 0.718. The van der Waals surface area contributed by atoms with Crippen LogP contribution in [0.5, 0.6) is 0 Å². The average Bonchev–Trinajstić information content (AvgIpc) is 2.87. The molecule has 0 aliphatic carbocycles. The number of anilines is 1. The molecular weight excluding hydrogens is 238 g/mol. The summed E-state index contributed by atoms with van der Waals surface area (Å²) >= 11 is 0. The molecule has 0 radical (unpaired) electrons. The van der Waals surface area contributed by atoms with Crippen molar-refractivity contribution in [3.63, 3.8) is 0 Å². The molecule has 0 amide bonds. The fraction of sp³-hybridized carbons (Fsp3) is 0.200. The number of nitrogens with zero attached hydrogens (tertiary/aromatic N) is 2. The van der Waals surface area contributed by atoms with Gasteiger partial charge in [-0.15, -0.1) is 0 Å². The maximum atomic E-state index is 5.83. The van der Waals surface area contributed by atoms with Crippen LogP contribution in [-0.4, -0.2) is 9.97 Å². The monoisotopic (exact) mass is 255 g/mol. The summed E-state index contributed by atoms with van der Waals surface area (Å²) in [5.41, 5.74) is 9.17. The molecule has 0 aliphatic rings. The van der Waals surface area contributed by atoms with E-state index in [1.165, 1.54) is 0 Å². The zero-order valence-electron chi connectivity index (χ0n) is 11.3. The molecule has 0 aliphatic heterocycles. The second-order valence-corrected chi connectivity index (χ2v) is 3.93. The first-order valence-electron chi connectivity index (χ1n) is 6.32. The third-order valence-corrected chi connectivity index (χ3v) is 2.58. The van der Waals surface area contributed by atoms with E-state index in [-0.39, 0.29) is 0 Å². The molecule has 19 heavy (non-hydrogen) atoms. The Morgan fingerprint density at radius 3 is 2.63 bits per heavy atom. The second-order valence-electron chi connectivity index (χ2n) is 3.93. The van der Waals surface area contributed by atoms with E-state index in [2.05, 4.69) is 9.97 Å². The van der Waals surface area contributed by atoms with Crippen molar-refractivity contribution < 1.29 is 4.42 Å². The van der Waals surface area contributed by atoms with Gasteiger partial charge in [-0.1, -0.05) is 26.0 Å². The summed E-state index contributed by atoms with van der Waals surface area (Å²) in [5, 5.41) is 0. The van der Waals surface area contributed by atoms with Gasteiger partial charge in [-0.2, -0.15) is 0 Å². The molecule has 1 aromatic carbocycles. The summed E-state index contributed by atoms with van der Waals surface area (Å²) < 4.78 is 5.66. The van der Waals surface area contributed by atoms with E-state index >= 15 is 0 Å². The van der Waals surface area contributed by atoms with Crippen LogP contribution < -0.4 is 5.73 Å². The molecule has 0 bridgehead atoms. The van der Waals surface area contributed by atoms with E-state index < -0.39 is 0 Å². The molecule has 0 spiro atoms. The smallest absolute Gasteiger partial charge is 0.231 e. The Labute approximate surface area is 112 Å². The Bertz CT molecular complexity index is 656. The van der Waals surface area contributed by atoms with Crippen LogP contribution in [0, 0.1) is 6.92 Å². The lowest BCUT2D eigenvalue weighted by atomic mass is 10.2. The number of nitrogen functional groups attached to an aromatic ring is 1. The third-order valence-electron chi connectivity index (χ3n) is 2.58. The highest BCUT2D eigenvalue weighted by Gasteiger charge is 2.11. The highest BCUT2D eigenvalue weighted by atomic mass is 16.3. The molecule has 3 rings (SSSR count). The Morgan fingerprint density at radius 1 is 1.16 bits per heavy atom. The normalized spacial score (nSPS) is 10.1. The lowest BCUT2D eigenvalue weighted by Crippen LogP contribution is -1.94. The summed E-state index contributed by atoms with van der Waals surface area (Å²) in [5.74, 6) is 0.946. The molecule has 0 atom stereocenters. The number of aromatic nitrogens is 2. The molecular formula is C15H17N3O. The van der Waals surface area contributed by atoms with Gasteiger partial charge in [0.25, 0.3) is 0 Å². The molecule has 0 saturated carbocycles. The van der Waals surface area contributed by atoms with Crippen molar-refractivity contribution in [2.24, 2.45) is 0 Å². The molecule has 3 aromatic rings. The van der Waals surface area contributed by atoms with Crippen molar-refractivity contribution in [2.75, 3.05) is 5.73 Å². The molecule has 4 nitrogen and oxygen atoms in total. The summed E-state index contributed by atoms with van der Waals surface area (Å²) in [6.07, 6.45) is 1.72. The van der Waals surface area contributed by atoms with Gasteiger partial charge in [0.2, 0.25) is 5.89 Å². The Hall–Kier alpha value is -2.36. The van der Waals surface area contributed by atoms with Gasteiger partial charge in [0.1, 0.15) is 11.3 Å². The van der Waals surface area contributed by atoms with E-state index in [4.69, 9.17) is 10.2 Å². The molecule has 2 aromatic heterocycles. The van der Waals surface area contributed by atoms with Gasteiger partial charge in [-0.05, 0) is 30.7 Å². The van der Waals surface area contributed by atoms with Crippen LogP contribution >= 0.6 is 0 Å². The van der Waals surface area contributed by atoms with E-state index in [0.29, 0.717) is 11.7 Å². The number of fused-ring (bicyclic) bond motifs is 1. The van der Waals surface area contributed by atoms with Gasteiger partial charge in [-0.3, -0.25) is 0 Å². The Morgan fingerprint density at radius 2 is 1.89 bits per heavy atom. The van der Waals surface area contributed by atoms with Crippen molar-refractivity contribution in [1.82, 2.24) is 9.97 Å². The van der Waals surface area contributed by atoms with Gasteiger partial charge < -0.3 is 10.2 Å². The summed E-state index contributed by atoms with van der Waals surface area (Å²) in [4.78, 5) is 8.50. The minimum Gasteiger partial charge on any atom is -0.436 e. The van der Waals surface area contributed by atoms with E-state index in [1.807, 2.05) is 51.1 Å². The molecule has 4 heteroatoms. The number of oxazole rings is 1. The minimum atomic E-state index is 0.433. The Balaban J connectivity index is 0.000000637. The second kappa shape index (κ2) is 5.52. The molecule has 2 heterocycles. The van der Waals surface area contributed by atoms with Crippen LogP contribution in [0.1, 0.15) is 19.4 Å². The molecule has 0 saturated heterocycles. The fourth-order valence-electron chi connectivity index (χ4n) is 1.74. The van der Waals surface area contributed by atoms with E-state index in [9.17, 15) is 0 Å². The molecule has 2 N–H and O–H groups in total. The highest BCUT2D eigenvalue weighted by molar-refractivity contribution is 5.78. The maximum absolute atomic E-state index is 5.83. The number of benzene rings is 1. The van der Waals surface area contributed by atoms with Crippen molar-refractivity contribution in [1.29, 1.82) is 0 Å². The first-order valence-corrected chi connectivity index (χ1v) is 6.32. The van der Waals surface area contributed by atoms with Crippen LogP contribution in [-0.2, 0) is 0 Å². The van der Waals surface area contributed by atoms with Crippen molar-refractivity contribution in [3.8, 4) is 11.5 Å². The van der Waals surface area contributed by atoms with E-state index in [1.54, 1.807) is 6.20 Å². The van der Waals surface area contributed by atoms with Gasteiger partial charge in [-0.25, -0.2) is 9.97 Å². The van der Waals surface area contributed by atoms with Gasteiger partial charge in [0, 0.05) is 6.20 Å². The summed E-state index contributed by atoms with van der Waals surface area (Å²) in [7, 11) is 0. The molecule has 0 unspecified atom stereocenters. The third kappa shape index (κ3) is 2.57. The number of nitrogens with two attached hydrogens (primary N) is 1. The largest absolute Gasteiger partial charge is 0.436 e. The zero-order valence-corrected chi connectivity index (χ0v) is 11.3. The SMILES string of the molecule is CC.Cc1cnc(N)c(-c2nc3ccccc3o2)c1. The van der Waals surface area contributed by atoms with Gasteiger partial charge >= 0.3 is 0 Å². The number of rotatable bonds is 1. The minimum absolute atomic E-state index is 0.433. The van der Waals surface area contributed by atoms with Crippen LogP contribution in [0.2, 0.25) is 0 Å². The molecule has 98 valence electrons. The Kier molecular flexibility index (Phi) is 3.80. The van der Waals surface area contributed by atoms with Gasteiger partial charge in [0.15, 0.2) is 5.58 Å². The zero-order chi connectivity index (χ0) is 13.8. The fourth-order valence-corrected chi connectivity index (χ4v) is 1.74. The predicted molar refractivity (Wildman–Crippen MR) is 77.7 cm³/mol. The number of para-hydroxylation sites is 2. The van der Waals surface area contributed by atoms with Gasteiger partial charge in [0.05, 0.1) is 5.56 Å². The number of pyridine rings is 1. The predicted octanol–water partition coefficient (Wildman–Crippen LogP) is 3.81. The number of hydrogen-bond donors (Lipinski definition) is 1. The van der Waals surface area contributed by atoms with Crippen LogP contribution in [0.25, 0.3) is 22.6 Å². The standard InChI is InChI=1S/C13H11N3O.C2H6/c1-8-6-9(12(14)15-7-8)13-16-10-4-2-3-5-11(10)17-13;1-2/h2-7H,1H3,(H2,14,15);1-2H3. The average molecular weight is 255 g/mol. The molecule has 0 fully saturated rings. The lowest BCUT2D eigenvalue weighted by Gasteiger charge is -2.00. The number of hydrogen-bond acceptors (Lipinski definition) is 4. The number of aryl methyl sites for hydroxylation is 1. The highest BCUT2D eigenvalue weighted by Crippen LogP contribution is 2.27. The van der Waals surface area contributed by atoms with Crippen molar-refractivity contribution in [2.45, 2.75) is 20.8 Å². The van der Waals surface area contributed by atoms with Crippen LogP contribution in [0.3, 0.4) is 0 Å². The van der Waals surface area contributed by atoms with E-state index in [0.717, 1.165) is 22.2 Å². The summed E-state index contributed by atoms with van der Waals surface area (Å²) in [6, 6.07) is 9.54. The maximum Gasteiger partial charge on any atom is 0.231 e. The first-order chi connectivity index (χ1) is 9.24. The lowest BCUT2D eigenvalue weighted by molar-refractivity contribution is 0.620. The van der Waals surface area contributed by atoms with Crippen molar-refractivity contribution >= 4 is 16.9 Å². The van der Waals surface area contributed by atoms with Crippen LogP contribution in [0.15, 0.2) is 40.9 Å². The topological polar surface area (TPSA) is 64.9 Å².